The third kappa shape index (κ3) is 4.51. The summed E-state index contributed by atoms with van der Waals surface area (Å²) in [5, 5.41) is 2.47. The van der Waals surface area contributed by atoms with Gasteiger partial charge in [-0.25, -0.2) is 17.6 Å². The number of amides is 1. The lowest BCUT2D eigenvalue weighted by Crippen LogP contribution is -2.38. The molecule has 1 aromatic rings. The molecule has 9 heteroatoms. The molecule has 1 heterocycles. The zero-order valence-electron chi connectivity index (χ0n) is 11.3. The Morgan fingerprint density at radius 3 is 2.77 bits per heavy atom. The number of sulfone groups is 1. The lowest BCUT2D eigenvalue weighted by Gasteiger charge is -2.11. The van der Waals surface area contributed by atoms with Crippen LogP contribution in [0.15, 0.2) is 22.7 Å². The molecule has 0 radical (unpaired) electrons. The molecule has 1 atom stereocenters. The normalized spacial score (nSPS) is 19.6. The highest BCUT2D eigenvalue weighted by atomic mass is 79.9. The third-order valence-electron chi connectivity index (χ3n) is 3.08. The fourth-order valence-corrected chi connectivity index (χ4v) is 4.08. The summed E-state index contributed by atoms with van der Waals surface area (Å²) in [6.07, 6.45) is 0.336. The fourth-order valence-electron chi connectivity index (χ4n) is 2.04. The number of ether oxygens (including phenoxy) is 1. The Balaban J connectivity index is 1.86. The van der Waals surface area contributed by atoms with Gasteiger partial charge in [0.1, 0.15) is 5.82 Å². The molecule has 6 nitrogen and oxygen atoms in total. The first-order valence-electron chi connectivity index (χ1n) is 6.39. The van der Waals surface area contributed by atoms with Gasteiger partial charge in [-0.05, 0) is 24.6 Å². The molecule has 0 saturated carbocycles. The van der Waals surface area contributed by atoms with Crippen LogP contribution in [0.2, 0.25) is 0 Å². The number of carbonyl (C=O) groups excluding carboxylic acids is 2. The molecule has 0 aromatic heterocycles. The van der Waals surface area contributed by atoms with Crippen molar-refractivity contribution in [1.29, 1.82) is 0 Å². The van der Waals surface area contributed by atoms with Crippen molar-refractivity contribution in [1.82, 2.24) is 5.32 Å². The van der Waals surface area contributed by atoms with Crippen LogP contribution in [-0.4, -0.2) is 44.4 Å². The zero-order valence-corrected chi connectivity index (χ0v) is 13.7. The van der Waals surface area contributed by atoms with Crippen LogP contribution in [0.3, 0.4) is 0 Å². The second-order valence-electron chi connectivity index (χ2n) is 4.87. The minimum absolute atomic E-state index is 0.0288. The van der Waals surface area contributed by atoms with Crippen LogP contribution < -0.4 is 5.32 Å². The number of hydrogen-bond acceptors (Lipinski definition) is 5. The average molecular weight is 394 g/mol. The Morgan fingerprint density at radius 1 is 1.41 bits per heavy atom. The molecule has 0 bridgehead atoms. The standard InChI is InChI=1S/C13H13BrFNO5S/c14-8-1-2-11(15)10(5-8)13(18)21-6-12(17)16-9-3-4-22(19,20)7-9/h1-2,5,9H,3-4,6-7H2,(H,16,17)/t9-/m1/s1. The Bertz CT molecular complexity index is 706. The van der Waals surface area contributed by atoms with Crippen LogP contribution in [0.5, 0.6) is 0 Å². The molecule has 120 valence electrons. The van der Waals surface area contributed by atoms with Gasteiger partial charge >= 0.3 is 5.97 Å². The van der Waals surface area contributed by atoms with Gasteiger partial charge in [0.25, 0.3) is 5.91 Å². The van der Waals surface area contributed by atoms with E-state index in [1.165, 1.54) is 12.1 Å². The molecule has 1 saturated heterocycles. The number of nitrogens with one attached hydrogen (secondary N) is 1. The van der Waals surface area contributed by atoms with Crippen LogP contribution in [-0.2, 0) is 19.4 Å². The van der Waals surface area contributed by atoms with Gasteiger partial charge in [0.15, 0.2) is 16.4 Å². The lowest BCUT2D eigenvalue weighted by atomic mass is 10.2. The van der Waals surface area contributed by atoms with Crippen LogP contribution in [0.1, 0.15) is 16.8 Å². The third-order valence-corrected chi connectivity index (χ3v) is 5.34. The van der Waals surface area contributed by atoms with Gasteiger partial charge in [-0.15, -0.1) is 0 Å². The number of benzene rings is 1. The van der Waals surface area contributed by atoms with Crippen molar-refractivity contribution < 1.29 is 27.1 Å². The minimum atomic E-state index is -3.10. The van der Waals surface area contributed by atoms with Gasteiger partial charge in [-0.3, -0.25) is 4.79 Å². The van der Waals surface area contributed by atoms with Gasteiger partial charge in [0, 0.05) is 10.5 Å². The fraction of sp³-hybridized carbons (Fsp3) is 0.385. The van der Waals surface area contributed by atoms with Gasteiger partial charge < -0.3 is 10.1 Å². The van der Waals surface area contributed by atoms with Gasteiger partial charge in [-0.2, -0.15) is 0 Å². The van der Waals surface area contributed by atoms with E-state index in [2.05, 4.69) is 21.2 Å². The summed E-state index contributed by atoms with van der Waals surface area (Å²) in [6.45, 7) is -0.596. The topological polar surface area (TPSA) is 89.5 Å². The average Bonchev–Trinajstić information content (AvgIpc) is 2.78. The minimum Gasteiger partial charge on any atom is -0.452 e. The highest BCUT2D eigenvalue weighted by molar-refractivity contribution is 9.10. The summed E-state index contributed by atoms with van der Waals surface area (Å²) in [5.41, 5.74) is -0.286. The maximum Gasteiger partial charge on any atom is 0.341 e. The maximum atomic E-state index is 13.5. The van der Waals surface area contributed by atoms with E-state index in [0.717, 1.165) is 6.07 Å². The summed E-state index contributed by atoms with van der Waals surface area (Å²) < 4.78 is 41.2. The van der Waals surface area contributed by atoms with E-state index < -0.39 is 40.2 Å². The molecule has 0 aliphatic carbocycles. The van der Waals surface area contributed by atoms with Crippen LogP contribution in [0.4, 0.5) is 4.39 Å². The Morgan fingerprint density at radius 2 is 2.14 bits per heavy atom. The summed E-state index contributed by atoms with van der Waals surface area (Å²) in [4.78, 5) is 23.3. The smallest absolute Gasteiger partial charge is 0.341 e. The zero-order chi connectivity index (χ0) is 16.3. The number of esters is 1. The van der Waals surface area contributed by atoms with Gasteiger partial charge in [-0.1, -0.05) is 15.9 Å². The van der Waals surface area contributed by atoms with E-state index in [1.807, 2.05) is 0 Å². The van der Waals surface area contributed by atoms with Crippen molar-refractivity contribution in [2.75, 3.05) is 18.1 Å². The van der Waals surface area contributed by atoms with E-state index in [0.29, 0.717) is 10.9 Å². The van der Waals surface area contributed by atoms with Crippen molar-refractivity contribution in [2.24, 2.45) is 0 Å². The molecular weight excluding hydrogens is 381 g/mol. The first-order valence-corrected chi connectivity index (χ1v) is 9.00. The predicted molar refractivity (Wildman–Crippen MR) is 79.6 cm³/mol. The van der Waals surface area contributed by atoms with Crippen LogP contribution >= 0.6 is 15.9 Å². The molecular formula is C13H13BrFNO5S. The number of carbonyl (C=O) groups is 2. The van der Waals surface area contributed by atoms with E-state index in [4.69, 9.17) is 4.74 Å². The first kappa shape index (κ1) is 16.9. The summed E-state index contributed by atoms with van der Waals surface area (Å²) in [6, 6.07) is 3.31. The molecule has 0 unspecified atom stereocenters. The van der Waals surface area contributed by atoms with E-state index in [-0.39, 0.29) is 17.1 Å². The maximum absolute atomic E-state index is 13.5. The molecule has 0 spiro atoms. The van der Waals surface area contributed by atoms with E-state index >= 15 is 0 Å². The molecule has 2 rings (SSSR count). The molecule has 1 fully saturated rings. The van der Waals surface area contributed by atoms with E-state index in [1.54, 1.807) is 0 Å². The summed E-state index contributed by atoms with van der Waals surface area (Å²) >= 11 is 3.10. The molecule has 1 N–H and O–H groups in total. The largest absolute Gasteiger partial charge is 0.452 e. The Hall–Kier alpha value is -1.48. The summed E-state index contributed by atoms with van der Waals surface area (Å²) in [7, 11) is -3.10. The molecule has 1 aliphatic rings. The Kier molecular flexibility index (Phi) is 5.17. The van der Waals surface area contributed by atoms with Gasteiger partial charge in [0.2, 0.25) is 0 Å². The van der Waals surface area contributed by atoms with Gasteiger partial charge in [0.05, 0.1) is 17.1 Å². The quantitative estimate of drug-likeness (QED) is 0.772. The SMILES string of the molecule is O=C(COC(=O)c1cc(Br)ccc1F)N[C@@H]1CCS(=O)(=O)C1. The monoisotopic (exact) mass is 393 g/mol. The predicted octanol–water partition coefficient (Wildman–Crippen LogP) is 1.05. The van der Waals surface area contributed by atoms with Crippen molar-refractivity contribution in [3.63, 3.8) is 0 Å². The van der Waals surface area contributed by atoms with Crippen molar-refractivity contribution in [2.45, 2.75) is 12.5 Å². The van der Waals surface area contributed by atoms with Crippen molar-refractivity contribution in [3.8, 4) is 0 Å². The van der Waals surface area contributed by atoms with E-state index in [9.17, 15) is 22.4 Å². The second-order valence-corrected chi connectivity index (χ2v) is 8.01. The first-order chi connectivity index (χ1) is 10.3. The highest BCUT2D eigenvalue weighted by Gasteiger charge is 2.29. The summed E-state index contributed by atoms with van der Waals surface area (Å²) in [5.74, 6) is -2.43. The van der Waals surface area contributed by atoms with Crippen LogP contribution in [0.25, 0.3) is 0 Å². The number of halogens is 2. The van der Waals surface area contributed by atoms with Crippen molar-refractivity contribution in [3.05, 3.63) is 34.1 Å². The second kappa shape index (κ2) is 6.74. The lowest BCUT2D eigenvalue weighted by molar-refractivity contribution is -0.124. The Labute approximate surface area is 135 Å². The molecule has 1 aromatic carbocycles. The molecule has 1 amide bonds. The number of rotatable bonds is 4. The molecule has 1 aliphatic heterocycles. The highest BCUT2D eigenvalue weighted by Crippen LogP contribution is 2.16. The van der Waals surface area contributed by atoms with Crippen molar-refractivity contribution >= 4 is 37.6 Å². The number of hydrogen-bond donors (Lipinski definition) is 1. The molecule has 22 heavy (non-hydrogen) atoms. The van der Waals surface area contributed by atoms with Crippen LogP contribution in [0, 0.1) is 5.82 Å².